The molecule has 0 aliphatic rings. The van der Waals surface area contributed by atoms with E-state index in [9.17, 15) is 9.18 Å². The van der Waals surface area contributed by atoms with Crippen LogP contribution >= 0.6 is 0 Å². The van der Waals surface area contributed by atoms with Gasteiger partial charge in [-0.15, -0.1) is 0 Å². The minimum Gasteiger partial charge on any atom is -0.352 e. The summed E-state index contributed by atoms with van der Waals surface area (Å²) in [5.41, 5.74) is 4.04. The van der Waals surface area contributed by atoms with Crippen LogP contribution in [0.5, 0.6) is 0 Å². The molecule has 0 fully saturated rings. The molecule has 3 aromatic carbocycles. The molecule has 5 aromatic rings. The van der Waals surface area contributed by atoms with Gasteiger partial charge in [0.2, 0.25) is 5.91 Å². The van der Waals surface area contributed by atoms with Crippen molar-refractivity contribution >= 4 is 16.9 Å². The zero-order valence-corrected chi connectivity index (χ0v) is 18.8. The third kappa shape index (κ3) is 4.32. The number of benzene rings is 3. The van der Waals surface area contributed by atoms with Gasteiger partial charge < -0.3 is 9.88 Å². The molecular formula is C27H24FN5O. The normalized spacial score (nSPS) is 11.1. The lowest BCUT2D eigenvalue weighted by atomic mass is 10.2. The fourth-order valence-electron chi connectivity index (χ4n) is 4.11. The summed E-state index contributed by atoms with van der Waals surface area (Å²) in [6, 6.07) is 22.9. The number of para-hydroxylation sites is 3. The van der Waals surface area contributed by atoms with E-state index in [0.717, 1.165) is 22.5 Å². The van der Waals surface area contributed by atoms with Crippen molar-refractivity contribution in [2.24, 2.45) is 0 Å². The zero-order valence-electron chi connectivity index (χ0n) is 18.8. The van der Waals surface area contributed by atoms with E-state index in [1.165, 1.54) is 6.07 Å². The second kappa shape index (κ2) is 9.31. The van der Waals surface area contributed by atoms with Gasteiger partial charge in [0.1, 0.15) is 17.5 Å². The van der Waals surface area contributed by atoms with Crippen molar-refractivity contribution in [3.63, 3.8) is 0 Å². The minimum absolute atomic E-state index is 0.110. The Kier molecular flexibility index (Phi) is 5.91. The lowest BCUT2D eigenvalue weighted by Gasteiger charge is -2.11. The second-order valence-electron chi connectivity index (χ2n) is 8.09. The Balaban J connectivity index is 1.26. The van der Waals surface area contributed by atoms with E-state index < -0.39 is 0 Å². The fourth-order valence-corrected chi connectivity index (χ4v) is 4.11. The Morgan fingerprint density at radius 1 is 1.03 bits per heavy atom. The van der Waals surface area contributed by atoms with E-state index in [1.54, 1.807) is 23.0 Å². The van der Waals surface area contributed by atoms with Crippen molar-refractivity contribution < 1.29 is 9.18 Å². The molecule has 0 aliphatic carbocycles. The molecule has 2 aromatic heterocycles. The SMILES string of the molecule is Cc1nccn1-c1ccc(CNC(=O)CCc2nc3ccccc3n2-c2ccccc2)cc1F. The second-order valence-corrected chi connectivity index (χ2v) is 8.09. The monoisotopic (exact) mass is 453 g/mol. The highest BCUT2D eigenvalue weighted by atomic mass is 19.1. The topological polar surface area (TPSA) is 64.7 Å². The first kappa shape index (κ1) is 21.6. The number of halogens is 1. The zero-order chi connectivity index (χ0) is 23.5. The molecule has 0 unspecified atom stereocenters. The van der Waals surface area contributed by atoms with Crippen molar-refractivity contribution in [2.75, 3.05) is 0 Å². The molecule has 5 rings (SSSR count). The summed E-state index contributed by atoms with van der Waals surface area (Å²) in [6.07, 6.45) is 4.13. The van der Waals surface area contributed by atoms with Crippen LogP contribution < -0.4 is 5.32 Å². The number of aryl methyl sites for hydroxylation is 2. The van der Waals surface area contributed by atoms with Gasteiger partial charge in [-0.05, 0) is 48.9 Å². The number of amides is 1. The molecule has 7 heteroatoms. The number of fused-ring (bicyclic) bond motifs is 1. The van der Waals surface area contributed by atoms with Gasteiger partial charge in [0.25, 0.3) is 0 Å². The maximum absolute atomic E-state index is 14.6. The maximum atomic E-state index is 14.6. The predicted octanol–water partition coefficient (Wildman–Crippen LogP) is 4.91. The maximum Gasteiger partial charge on any atom is 0.220 e. The highest BCUT2D eigenvalue weighted by Crippen LogP contribution is 2.22. The van der Waals surface area contributed by atoms with Crippen LogP contribution in [0.1, 0.15) is 23.6 Å². The summed E-state index contributed by atoms with van der Waals surface area (Å²) >= 11 is 0. The molecule has 1 N–H and O–H groups in total. The molecule has 0 saturated heterocycles. The summed E-state index contributed by atoms with van der Waals surface area (Å²) in [5.74, 6) is 1.07. The average molecular weight is 454 g/mol. The van der Waals surface area contributed by atoms with Crippen molar-refractivity contribution in [1.82, 2.24) is 24.4 Å². The quantitative estimate of drug-likeness (QED) is 0.381. The molecule has 170 valence electrons. The van der Waals surface area contributed by atoms with Crippen LogP contribution in [0.25, 0.3) is 22.4 Å². The number of aromatic nitrogens is 4. The Morgan fingerprint density at radius 2 is 1.82 bits per heavy atom. The summed E-state index contributed by atoms with van der Waals surface area (Å²) < 4.78 is 18.4. The molecule has 0 saturated carbocycles. The smallest absolute Gasteiger partial charge is 0.220 e. The molecule has 0 bridgehead atoms. The van der Waals surface area contributed by atoms with Crippen molar-refractivity contribution in [1.29, 1.82) is 0 Å². The molecule has 6 nitrogen and oxygen atoms in total. The predicted molar refractivity (Wildman–Crippen MR) is 129 cm³/mol. The molecule has 0 spiro atoms. The molecule has 0 atom stereocenters. The summed E-state index contributed by atoms with van der Waals surface area (Å²) in [4.78, 5) is 21.5. The van der Waals surface area contributed by atoms with Crippen molar-refractivity contribution in [3.05, 3.63) is 108 Å². The van der Waals surface area contributed by atoms with Gasteiger partial charge >= 0.3 is 0 Å². The van der Waals surface area contributed by atoms with Gasteiger partial charge in [0.15, 0.2) is 0 Å². The number of carbonyl (C=O) groups is 1. The molecule has 2 heterocycles. The molecular weight excluding hydrogens is 429 g/mol. The van der Waals surface area contributed by atoms with E-state index in [1.807, 2.05) is 67.6 Å². The lowest BCUT2D eigenvalue weighted by molar-refractivity contribution is -0.121. The summed E-state index contributed by atoms with van der Waals surface area (Å²) in [6.45, 7) is 2.08. The standard InChI is InChI=1S/C27H24FN5O/c1-19-29-15-16-32(19)24-12-11-20(17-22(24)28)18-30-27(34)14-13-26-31-23-9-5-6-10-25(23)33(26)21-7-3-2-4-8-21/h2-12,15-17H,13-14,18H2,1H3,(H,30,34). The molecule has 34 heavy (non-hydrogen) atoms. The van der Waals surface area contributed by atoms with Crippen LogP contribution in [0.2, 0.25) is 0 Å². The van der Waals surface area contributed by atoms with Gasteiger partial charge in [0, 0.05) is 37.5 Å². The van der Waals surface area contributed by atoms with Crippen LogP contribution in [0, 0.1) is 12.7 Å². The molecule has 0 aliphatic heterocycles. The van der Waals surface area contributed by atoms with Crippen LogP contribution in [-0.2, 0) is 17.8 Å². The third-order valence-electron chi connectivity index (χ3n) is 5.81. The summed E-state index contributed by atoms with van der Waals surface area (Å²) in [5, 5.41) is 2.89. The Hall–Kier alpha value is -4.26. The number of nitrogens with zero attached hydrogens (tertiary/aromatic N) is 4. The van der Waals surface area contributed by atoms with Crippen LogP contribution in [0.4, 0.5) is 4.39 Å². The van der Waals surface area contributed by atoms with Gasteiger partial charge in [-0.25, -0.2) is 14.4 Å². The fraction of sp³-hybridized carbons (Fsp3) is 0.148. The number of hydrogen-bond donors (Lipinski definition) is 1. The van der Waals surface area contributed by atoms with Crippen molar-refractivity contribution in [2.45, 2.75) is 26.3 Å². The van der Waals surface area contributed by atoms with Gasteiger partial charge in [-0.1, -0.05) is 36.4 Å². The minimum atomic E-state index is -0.357. The van der Waals surface area contributed by atoms with E-state index >= 15 is 0 Å². The first-order chi connectivity index (χ1) is 16.6. The van der Waals surface area contributed by atoms with E-state index in [2.05, 4.69) is 14.9 Å². The summed E-state index contributed by atoms with van der Waals surface area (Å²) in [7, 11) is 0. The van der Waals surface area contributed by atoms with E-state index in [-0.39, 0.29) is 24.7 Å². The van der Waals surface area contributed by atoms with Crippen LogP contribution in [0.3, 0.4) is 0 Å². The molecule has 1 amide bonds. The number of nitrogens with one attached hydrogen (secondary N) is 1. The Morgan fingerprint density at radius 3 is 2.59 bits per heavy atom. The highest BCUT2D eigenvalue weighted by Gasteiger charge is 2.14. The number of hydrogen-bond acceptors (Lipinski definition) is 3. The number of imidazole rings is 2. The van der Waals surface area contributed by atoms with Gasteiger partial charge in [-0.3, -0.25) is 9.36 Å². The lowest BCUT2D eigenvalue weighted by Crippen LogP contribution is -2.23. The van der Waals surface area contributed by atoms with E-state index in [4.69, 9.17) is 4.98 Å². The first-order valence-electron chi connectivity index (χ1n) is 11.2. The third-order valence-corrected chi connectivity index (χ3v) is 5.81. The van der Waals surface area contributed by atoms with Crippen LogP contribution in [-0.4, -0.2) is 25.0 Å². The first-order valence-corrected chi connectivity index (χ1v) is 11.2. The largest absolute Gasteiger partial charge is 0.352 e. The van der Waals surface area contributed by atoms with Gasteiger partial charge in [-0.2, -0.15) is 0 Å². The van der Waals surface area contributed by atoms with Crippen LogP contribution in [0.15, 0.2) is 85.2 Å². The van der Waals surface area contributed by atoms with Crippen molar-refractivity contribution in [3.8, 4) is 11.4 Å². The number of rotatable bonds is 7. The molecule has 0 radical (unpaired) electrons. The average Bonchev–Trinajstić information content (AvgIpc) is 3.45. The Labute approximate surface area is 196 Å². The number of carbonyl (C=O) groups excluding carboxylic acids is 1. The Bertz CT molecular complexity index is 1450. The highest BCUT2D eigenvalue weighted by molar-refractivity contribution is 5.79. The van der Waals surface area contributed by atoms with E-state index in [0.29, 0.717) is 23.5 Å². The van der Waals surface area contributed by atoms with Gasteiger partial charge in [0.05, 0.1) is 16.7 Å².